The highest BCUT2D eigenvalue weighted by Gasteiger charge is 2.14. The SMILES string of the molecule is C/C=C/c1cc(Nc2cc(NCCCN3CCOCC3)nc(Oc3ccc4[nH]c(C)cc4c3Cl)n2)n[nH]1. The number of ether oxygens (including phenoxy) is 2. The number of anilines is 3. The number of nitrogens with one attached hydrogen (secondary N) is 4. The Balaban J connectivity index is 1.34. The Kier molecular flexibility index (Phi) is 7.88. The molecular formula is C26H31ClN8O2. The van der Waals surface area contributed by atoms with Gasteiger partial charge in [0, 0.05) is 48.4 Å². The lowest BCUT2D eigenvalue weighted by Gasteiger charge is -2.26. The number of rotatable bonds is 10. The molecule has 3 aromatic heterocycles. The summed E-state index contributed by atoms with van der Waals surface area (Å²) in [5, 5.41) is 15.3. The zero-order valence-corrected chi connectivity index (χ0v) is 21.7. The second-order valence-corrected chi connectivity index (χ2v) is 9.26. The summed E-state index contributed by atoms with van der Waals surface area (Å²) in [6, 6.07) is 9.66. The number of H-pyrrole nitrogens is 2. The van der Waals surface area contributed by atoms with E-state index in [4.69, 9.17) is 21.1 Å². The van der Waals surface area contributed by atoms with E-state index >= 15 is 0 Å². The summed E-state index contributed by atoms with van der Waals surface area (Å²) in [6.07, 6.45) is 4.86. The minimum Gasteiger partial charge on any atom is -0.423 e. The first kappa shape index (κ1) is 25.1. The van der Waals surface area contributed by atoms with Crippen molar-refractivity contribution >= 4 is 46.0 Å². The van der Waals surface area contributed by atoms with Gasteiger partial charge in [-0.05, 0) is 51.1 Å². The monoisotopic (exact) mass is 522 g/mol. The number of hydrogen-bond acceptors (Lipinski definition) is 8. The number of allylic oxidation sites excluding steroid dienone is 1. The molecule has 0 atom stereocenters. The van der Waals surface area contributed by atoms with Gasteiger partial charge in [0.05, 0.1) is 23.9 Å². The summed E-state index contributed by atoms with van der Waals surface area (Å²) in [6.45, 7) is 9.26. The van der Waals surface area contributed by atoms with Crippen LogP contribution in [0.15, 0.2) is 36.4 Å². The predicted octanol–water partition coefficient (Wildman–Crippen LogP) is 5.35. The van der Waals surface area contributed by atoms with Gasteiger partial charge >= 0.3 is 6.01 Å². The molecule has 4 aromatic rings. The van der Waals surface area contributed by atoms with Crippen molar-refractivity contribution in [3.05, 3.63) is 52.8 Å². The van der Waals surface area contributed by atoms with Crippen LogP contribution in [0.5, 0.6) is 11.8 Å². The molecule has 194 valence electrons. The average molecular weight is 523 g/mol. The summed E-state index contributed by atoms with van der Waals surface area (Å²) in [5.74, 6) is 2.32. The molecule has 1 saturated heterocycles. The van der Waals surface area contributed by atoms with Crippen molar-refractivity contribution in [2.45, 2.75) is 20.3 Å². The molecule has 4 heterocycles. The van der Waals surface area contributed by atoms with Gasteiger partial charge in [-0.15, -0.1) is 0 Å². The molecule has 4 N–H and O–H groups in total. The molecule has 0 spiro atoms. The van der Waals surface area contributed by atoms with Crippen LogP contribution >= 0.6 is 11.6 Å². The van der Waals surface area contributed by atoms with E-state index in [0.717, 1.165) is 68.1 Å². The zero-order chi connectivity index (χ0) is 25.6. The van der Waals surface area contributed by atoms with Crippen LogP contribution in [0.3, 0.4) is 0 Å². The molecule has 0 saturated carbocycles. The van der Waals surface area contributed by atoms with Crippen molar-refractivity contribution < 1.29 is 9.47 Å². The van der Waals surface area contributed by atoms with Crippen LogP contribution in [0.4, 0.5) is 17.5 Å². The quantitative estimate of drug-likeness (QED) is 0.206. The van der Waals surface area contributed by atoms with Gasteiger partial charge in [-0.25, -0.2) is 0 Å². The van der Waals surface area contributed by atoms with Crippen molar-refractivity contribution in [2.75, 3.05) is 50.0 Å². The lowest BCUT2D eigenvalue weighted by molar-refractivity contribution is 0.0378. The highest BCUT2D eigenvalue weighted by molar-refractivity contribution is 6.37. The predicted molar refractivity (Wildman–Crippen MR) is 147 cm³/mol. The third kappa shape index (κ3) is 6.40. The summed E-state index contributed by atoms with van der Waals surface area (Å²) in [4.78, 5) is 14.8. The Morgan fingerprint density at radius 3 is 2.81 bits per heavy atom. The van der Waals surface area contributed by atoms with E-state index in [2.05, 4.69) is 40.7 Å². The van der Waals surface area contributed by atoms with Crippen LogP contribution in [0.25, 0.3) is 17.0 Å². The number of aryl methyl sites for hydroxylation is 1. The van der Waals surface area contributed by atoms with Gasteiger partial charge < -0.3 is 25.1 Å². The first-order valence-corrected chi connectivity index (χ1v) is 12.8. The fraction of sp³-hybridized carbons (Fsp3) is 0.346. The molecule has 1 aromatic carbocycles. The van der Waals surface area contributed by atoms with E-state index < -0.39 is 0 Å². The molecule has 37 heavy (non-hydrogen) atoms. The topological polar surface area (TPSA) is 116 Å². The summed E-state index contributed by atoms with van der Waals surface area (Å²) in [7, 11) is 0. The lowest BCUT2D eigenvalue weighted by Crippen LogP contribution is -2.37. The minimum absolute atomic E-state index is 0.179. The van der Waals surface area contributed by atoms with Crippen molar-refractivity contribution in [1.82, 2.24) is 30.0 Å². The van der Waals surface area contributed by atoms with Crippen molar-refractivity contribution in [1.29, 1.82) is 0 Å². The Hall–Kier alpha value is -3.60. The number of aromatic amines is 2. The number of fused-ring (bicyclic) bond motifs is 1. The maximum absolute atomic E-state index is 6.66. The molecule has 1 fully saturated rings. The molecule has 5 rings (SSSR count). The van der Waals surface area contributed by atoms with Crippen LogP contribution in [-0.2, 0) is 4.74 Å². The van der Waals surface area contributed by atoms with Gasteiger partial charge in [0.15, 0.2) is 5.82 Å². The number of morpholine rings is 1. The third-order valence-electron chi connectivity index (χ3n) is 6.00. The molecule has 0 bridgehead atoms. The lowest BCUT2D eigenvalue weighted by atomic mass is 10.2. The molecule has 0 amide bonds. The van der Waals surface area contributed by atoms with Crippen LogP contribution in [-0.4, -0.2) is 69.4 Å². The Bertz CT molecular complexity index is 1380. The fourth-order valence-corrected chi connectivity index (χ4v) is 4.49. The Morgan fingerprint density at radius 1 is 1.14 bits per heavy atom. The Morgan fingerprint density at radius 2 is 1.97 bits per heavy atom. The van der Waals surface area contributed by atoms with Gasteiger partial charge in [0.1, 0.15) is 17.4 Å². The van der Waals surface area contributed by atoms with Crippen LogP contribution < -0.4 is 15.4 Å². The summed E-state index contributed by atoms with van der Waals surface area (Å²) < 4.78 is 11.5. The largest absolute Gasteiger partial charge is 0.423 e. The standard InChI is InChI=1S/C26H31ClN8O2/c1-3-5-18-15-24(34-33-18)30-23-16-22(28-8-4-9-35-10-12-36-13-11-35)31-26(32-23)37-21-7-6-20-19(25(21)27)14-17(2)29-20/h3,5-7,14-16,29H,4,8-13H2,1-2H3,(H3,28,30,31,32,33,34)/b5-3+. The van der Waals surface area contributed by atoms with Gasteiger partial charge in [0.2, 0.25) is 0 Å². The number of benzene rings is 1. The normalized spacial score (nSPS) is 14.5. The highest BCUT2D eigenvalue weighted by atomic mass is 35.5. The first-order valence-electron chi connectivity index (χ1n) is 12.4. The number of halogens is 1. The van der Waals surface area contributed by atoms with Crippen molar-refractivity contribution in [2.24, 2.45) is 0 Å². The maximum atomic E-state index is 6.66. The van der Waals surface area contributed by atoms with Gasteiger partial charge in [0.25, 0.3) is 0 Å². The summed E-state index contributed by atoms with van der Waals surface area (Å²) in [5.41, 5.74) is 2.86. The molecule has 0 radical (unpaired) electrons. The molecular weight excluding hydrogens is 492 g/mol. The highest BCUT2D eigenvalue weighted by Crippen LogP contribution is 2.35. The van der Waals surface area contributed by atoms with E-state index in [1.807, 2.05) is 56.3 Å². The maximum Gasteiger partial charge on any atom is 0.325 e. The van der Waals surface area contributed by atoms with Gasteiger partial charge in [-0.3, -0.25) is 10.00 Å². The second kappa shape index (κ2) is 11.6. The van der Waals surface area contributed by atoms with Crippen LogP contribution in [0.2, 0.25) is 5.02 Å². The third-order valence-corrected chi connectivity index (χ3v) is 6.39. The van der Waals surface area contributed by atoms with E-state index in [1.165, 1.54) is 0 Å². The molecule has 1 aliphatic heterocycles. The van der Waals surface area contributed by atoms with E-state index in [0.29, 0.717) is 28.2 Å². The Labute approximate surface area is 220 Å². The first-order chi connectivity index (χ1) is 18.1. The number of aromatic nitrogens is 5. The number of hydrogen-bond donors (Lipinski definition) is 4. The van der Waals surface area contributed by atoms with Gasteiger partial charge in [-0.2, -0.15) is 15.1 Å². The van der Waals surface area contributed by atoms with E-state index in [-0.39, 0.29) is 6.01 Å². The number of nitrogens with zero attached hydrogens (tertiary/aromatic N) is 4. The molecule has 11 heteroatoms. The molecule has 1 aliphatic rings. The fourth-order valence-electron chi connectivity index (χ4n) is 4.23. The summed E-state index contributed by atoms with van der Waals surface area (Å²) >= 11 is 6.66. The van der Waals surface area contributed by atoms with Crippen LogP contribution in [0, 0.1) is 6.92 Å². The smallest absolute Gasteiger partial charge is 0.325 e. The zero-order valence-electron chi connectivity index (χ0n) is 21.0. The molecule has 0 unspecified atom stereocenters. The average Bonchev–Trinajstić information content (AvgIpc) is 3.50. The van der Waals surface area contributed by atoms with Crippen LogP contribution in [0.1, 0.15) is 24.7 Å². The molecule has 10 nitrogen and oxygen atoms in total. The molecule has 0 aliphatic carbocycles. The van der Waals surface area contributed by atoms with Crippen molar-refractivity contribution in [3.8, 4) is 11.8 Å². The minimum atomic E-state index is 0.179. The van der Waals surface area contributed by atoms with Crippen molar-refractivity contribution in [3.63, 3.8) is 0 Å². The van der Waals surface area contributed by atoms with Gasteiger partial charge in [-0.1, -0.05) is 17.7 Å². The van der Waals surface area contributed by atoms with E-state index in [1.54, 1.807) is 0 Å². The second-order valence-electron chi connectivity index (χ2n) is 8.88. The van der Waals surface area contributed by atoms with E-state index in [9.17, 15) is 0 Å².